The quantitative estimate of drug-likeness (QED) is 0.256. The van der Waals surface area contributed by atoms with Crippen LogP contribution in [0.5, 0.6) is 0 Å². The fraction of sp³-hybridized carbons (Fsp3) is 0.440. The van der Waals surface area contributed by atoms with Crippen molar-refractivity contribution >= 4 is 12.2 Å². The molecule has 0 spiro atoms. The van der Waals surface area contributed by atoms with Crippen LogP contribution in [0.3, 0.4) is 0 Å². The third-order valence-electron chi connectivity index (χ3n) is 3.73. The van der Waals surface area contributed by atoms with Gasteiger partial charge in [0.15, 0.2) is 0 Å². The molecule has 0 aliphatic carbocycles. The Labute approximate surface area is 171 Å². The van der Waals surface area contributed by atoms with Gasteiger partial charge in [-0.05, 0) is 51.9 Å². The van der Waals surface area contributed by atoms with Crippen molar-refractivity contribution in [1.29, 1.82) is 0 Å². The number of amides is 1. The van der Waals surface area contributed by atoms with E-state index in [1.807, 2.05) is 6.08 Å². The molecule has 28 heavy (non-hydrogen) atoms. The molecule has 0 aliphatic rings. The molecule has 0 aromatic heterocycles. The standard InChI is InChI=1S/C25H37NO2/c1-3-4-5-6-7-8-9-10-11-12-13-14-15-16-17-18-19-20-21-22-25(28)26-24(2)23-27/h4-5,7-8,10-11,13-14,16-17,19-20,23-24H,3,6,9,12,15,18,21-22H2,1-2H3,(H,26,28)/b5-4-,8-7-,11-10-,14-13-,17-16-,20-19-. The van der Waals surface area contributed by atoms with Gasteiger partial charge in [0.1, 0.15) is 6.29 Å². The number of allylic oxidation sites excluding steroid dienone is 12. The van der Waals surface area contributed by atoms with Gasteiger partial charge in [0.2, 0.25) is 5.91 Å². The van der Waals surface area contributed by atoms with Gasteiger partial charge < -0.3 is 10.1 Å². The lowest BCUT2D eigenvalue weighted by molar-refractivity contribution is -0.123. The molecule has 0 bridgehead atoms. The third kappa shape index (κ3) is 19.9. The molecular weight excluding hydrogens is 346 g/mol. The molecule has 3 heteroatoms. The molecule has 1 atom stereocenters. The summed E-state index contributed by atoms with van der Waals surface area (Å²) in [5, 5.41) is 2.62. The number of hydrogen-bond donors (Lipinski definition) is 1. The van der Waals surface area contributed by atoms with Crippen molar-refractivity contribution in [3.05, 3.63) is 72.9 Å². The highest BCUT2D eigenvalue weighted by atomic mass is 16.2. The third-order valence-corrected chi connectivity index (χ3v) is 3.73. The number of carbonyl (C=O) groups excluding carboxylic acids is 2. The Morgan fingerprint density at radius 1 is 0.714 bits per heavy atom. The van der Waals surface area contributed by atoms with Crippen molar-refractivity contribution in [3.63, 3.8) is 0 Å². The molecule has 0 rings (SSSR count). The van der Waals surface area contributed by atoms with Gasteiger partial charge in [-0.3, -0.25) is 4.79 Å². The minimum Gasteiger partial charge on any atom is -0.347 e. The van der Waals surface area contributed by atoms with Crippen molar-refractivity contribution < 1.29 is 9.59 Å². The van der Waals surface area contributed by atoms with E-state index in [4.69, 9.17) is 0 Å². The predicted octanol–water partition coefficient (Wildman–Crippen LogP) is 6.17. The van der Waals surface area contributed by atoms with Crippen molar-refractivity contribution in [2.75, 3.05) is 0 Å². The van der Waals surface area contributed by atoms with Gasteiger partial charge >= 0.3 is 0 Å². The zero-order valence-corrected chi connectivity index (χ0v) is 17.6. The summed E-state index contributed by atoms with van der Waals surface area (Å²) in [6.07, 6.45) is 33.7. The van der Waals surface area contributed by atoms with E-state index < -0.39 is 6.04 Å². The lowest BCUT2D eigenvalue weighted by atomic mass is 10.2. The van der Waals surface area contributed by atoms with E-state index in [2.05, 4.69) is 79.1 Å². The topological polar surface area (TPSA) is 46.2 Å². The summed E-state index contributed by atoms with van der Waals surface area (Å²) in [5.41, 5.74) is 0. The van der Waals surface area contributed by atoms with E-state index in [9.17, 15) is 9.59 Å². The number of carbonyl (C=O) groups is 2. The molecule has 0 saturated carbocycles. The maximum Gasteiger partial charge on any atom is 0.220 e. The lowest BCUT2D eigenvalue weighted by Crippen LogP contribution is -2.33. The first-order valence-electron chi connectivity index (χ1n) is 10.3. The molecule has 0 fully saturated rings. The van der Waals surface area contributed by atoms with E-state index >= 15 is 0 Å². The van der Waals surface area contributed by atoms with Gasteiger partial charge in [0, 0.05) is 6.42 Å². The summed E-state index contributed by atoms with van der Waals surface area (Å²) in [4.78, 5) is 21.9. The number of nitrogens with one attached hydrogen (secondary N) is 1. The van der Waals surface area contributed by atoms with E-state index in [1.165, 1.54) is 0 Å². The monoisotopic (exact) mass is 383 g/mol. The summed E-state index contributed by atoms with van der Waals surface area (Å²) < 4.78 is 0. The van der Waals surface area contributed by atoms with Crippen molar-refractivity contribution in [3.8, 4) is 0 Å². The first kappa shape index (κ1) is 25.6. The maximum atomic E-state index is 11.5. The number of hydrogen-bond acceptors (Lipinski definition) is 2. The van der Waals surface area contributed by atoms with Crippen molar-refractivity contribution in [2.24, 2.45) is 0 Å². The van der Waals surface area contributed by atoms with Crippen LogP contribution in [-0.2, 0) is 9.59 Å². The molecule has 0 saturated heterocycles. The summed E-state index contributed by atoms with van der Waals surface area (Å²) in [5.74, 6) is -0.0841. The minimum absolute atomic E-state index is 0.0841. The molecule has 0 aromatic carbocycles. The van der Waals surface area contributed by atoms with Crippen LogP contribution in [0.15, 0.2) is 72.9 Å². The lowest BCUT2D eigenvalue weighted by Gasteiger charge is -2.05. The SMILES string of the molecule is CC/C=C\C/C=C\C/C=C\C/C=C\C/C=C\C/C=C\CCC(=O)NC(C)C=O. The minimum atomic E-state index is -0.405. The van der Waals surface area contributed by atoms with Gasteiger partial charge in [-0.2, -0.15) is 0 Å². The second-order valence-electron chi connectivity index (χ2n) is 6.45. The van der Waals surface area contributed by atoms with Gasteiger partial charge in [0.05, 0.1) is 6.04 Å². The van der Waals surface area contributed by atoms with E-state index in [-0.39, 0.29) is 5.91 Å². The second-order valence-corrected chi connectivity index (χ2v) is 6.45. The molecule has 0 aliphatic heterocycles. The van der Waals surface area contributed by atoms with E-state index in [0.29, 0.717) is 12.8 Å². The molecule has 1 N–H and O–H groups in total. The van der Waals surface area contributed by atoms with Gasteiger partial charge in [0.25, 0.3) is 0 Å². The first-order valence-corrected chi connectivity index (χ1v) is 10.3. The summed E-state index contributed by atoms with van der Waals surface area (Å²) in [7, 11) is 0. The van der Waals surface area contributed by atoms with Gasteiger partial charge in [-0.25, -0.2) is 0 Å². The Bertz CT molecular complexity index is 565. The zero-order valence-electron chi connectivity index (χ0n) is 17.6. The highest BCUT2D eigenvalue weighted by Crippen LogP contribution is 1.98. The fourth-order valence-corrected chi connectivity index (χ4v) is 2.21. The average molecular weight is 384 g/mol. The van der Waals surface area contributed by atoms with Gasteiger partial charge in [-0.15, -0.1) is 0 Å². The molecule has 0 aromatic rings. The molecular formula is C25H37NO2. The van der Waals surface area contributed by atoms with Crippen molar-refractivity contribution in [1.82, 2.24) is 5.32 Å². The summed E-state index contributed by atoms with van der Waals surface area (Å²) in [6, 6.07) is -0.405. The molecule has 154 valence electrons. The Kier molecular flexibility index (Phi) is 19.1. The average Bonchev–Trinajstić information content (AvgIpc) is 2.69. The van der Waals surface area contributed by atoms with Crippen LogP contribution in [0, 0.1) is 0 Å². The van der Waals surface area contributed by atoms with Crippen LogP contribution < -0.4 is 5.32 Å². The molecule has 1 unspecified atom stereocenters. The Morgan fingerprint density at radius 2 is 1.11 bits per heavy atom. The molecule has 3 nitrogen and oxygen atoms in total. The number of rotatable bonds is 16. The Hall–Kier alpha value is -2.42. The smallest absolute Gasteiger partial charge is 0.220 e. The van der Waals surface area contributed by atoms with Crippen LogP contribution in [0.1, 0.15) is 65.2 Å². The zero-order chi connectivity index (χ0) is 20.7. The first-order chi connectivity index (χ1) is 13.7. The van der Waals surface area contributed by atoms with Crippen LogP contribution in [0.4, 0.5) is 0 Å². The van der Waals surface area contributed by atoms with Crippen LogP contribution in [-0.4, -0.2) is 18.2 Å². The molecule has 0 radical (unpaired) electrons. The summed E-state index contributed by atoms with van der Waals surface area (Å²) >= 11 is 0. The van der Waals surface area contributed by atoms with Crippen LogP contribution in [0.2, 0.25) is 0 Å². The number of aldehydes is 1. The highest BCUT2D eigenvalue weighted by Gasteiger charge is 2.03. The largest absolute Gasteiger partial charge is 0.347 e. The van der Waals surface area contributed by atoms with E-state index in [0.717, 1.165) is 44.8 Å². The highest BCUT2D eigenvalue weighted by molar-refractivity contribution is 5.79. The van der Waals surface area contributed by atoms with Crippen LogP contribution >= 0.6 is 0 Å². The summed E-state index contributed by atoms with van der Waals surface area (Å²) in [6.45, 7) is 3.82. The second kappa shape index (κ2) is 20.9. The van der Waals surface area contributed by atoms with Gasteiger partial charge in [-0.1, -0.05) is 79.8 Å². The Morgan fingerprint density at radius 3 is 1.50 bits per heavy atom. The molecule has 0 heterocycles. The van der Waals surface area contributed by atoms with Crippen molar-refractivity contribution in [2.45, 2.75) is 71.3 Å². The van der Waals surface area contributed by atoms with Crippen LogP contribution in [0.25, 0.3) is 0 Å². The fourth-order valence-electron chi connectivity index (χ4n) is 2.21. The maximum absolute atomic E-state index is 11.5. The normalized spacial score (nSPS) is 13.8. The van der Waals surface area contributed by atoms with E-state index in [1.54, 1.807) is 6.92 Å². The molecule has 1 amide bonds. The Balaban J connectivity index is 3.60. The predicted molar refractivity (Wildman–Crippen MR) is 121 cm³/mol.